The molecule has 0 radical (unpaired) electrons. The fourth-order valence-electron chi connectivity index (χ4n) is 1.23. The Morgan fingerprint density at radius 2 is 2.14 bits per heavy atom. The van der Waals surface area contributed by atoms with Crippen molar-refractivity contribution in [2.45, 2.75) is 26.2 Å². The molecule has 1 aromatic rings. The summed E-state index contributed by atoms with van der Waals surface area (Å²) in [6.45, 7) is 4.16. The molecule has 0 fully saturated rings. The molecular formula is C11H12BrNO. The zero-order valence-corrected chi connectivity index (χ0v) is 9.80. The van der Waals surface area contributed by atoms with Crippen LogP contribution in [0.4, 0.5) is 0 Å². The quantitative estimate of drug-likeness (QED) is 0.879. The second-order valence-corrected chi connectivity index (χ2v) is 4.35. The minimum Gasteiger partial charge on any atom is -0.506 e. The largest absolute Gasteiger partial charge is 0.506 e. The molecule has 1 N–H and O–H groups in total. The molecule has 0 heterocycles. The van der Waals surface area contributed by atoms with E-state index in [0.717, 1.165) is 5.56 Å². The van der Waals surface area contributed by atoms with Gasteiger partial charge in [-0.3, -0.25) is 0 Å². The van der Waals surface area contributed by atoms with Crippen LogP contribution in [0.25, 0.3) is 0 Å². The summed E-state index contributed by atoms with van der Waals surface area (Å²) < 4.78 is 0.661. The van der Waals surface area contributed by atoms with E-state index in [1.54, 1.807) is 0 Å². The number of nitrogens with zero attached hydrogens (tertiary/aromatic N) is 1. The van der Waals surface area contributed by atoms with Gasteiger partial charge in [-0.15, -0.1) is 0 Å². The Bertz CT molecular complexity index is 380. The van der Waals surface area contributed by atoms with Gasteiger partial charge < -0.3 is 5.11 Å². The van der Waals surface area contributed by atoms with E-state index in [9.17, 15) is 5.11 Å². The second kappa shape index (κ2) is 4.47. The van der Waals surface area contributed by atoms with Crippen molar-refractivity contribution in [3.63, 3.8) is 0 Å². The predicted octanol–water partition coefficient (Wildman–Crippen LogP) is 3.34. The second-order valence-electron chi connectivity index (χ2n) is 3.50. The lowest BCUT2D eigenvalue weighted by atomic mass is 9.99. The summed E-state index contributed by atoms with van der Waals surface area (Å²) in [6, 6.07) is 5.81. The van der Waals surface area contributed by atoms with Crippen LogP contribution in [0.1, 0.15) is 30.9 Å². The third-order valence-corrected chi connectivity index (χ3v) is 2.71. The van der Waals surface area contributed by atoms with Gasteiger partial charge in [0.25, 0.3) is 0 Å². The maximum Gasteiger partial charge on any atom is 0.134 e. The highest BCUT2D eigenvalue weighted by molar-refractivity contribution is 9.10. The van der Waals surface area contributed by atoms with Crippen LogP contribution in [0.5, 0.6) is 5.75 Å². The first-order valence-corrected chi connectivity index (χ1v) is 5.23. The molecule has 0 aliphatic heterocycles. The zero-order chi connectivity index (χ0) is 10.7. The molecule has 0 aromatic heterocycles. The summed E-state index contributed by atoms with van der Waals surface area (Å²) in [5, 5.41) is 18.2. The van der Waals surface area contributed by atoms with E-state index in [4.69, 9.17) is 5.26 Å². The van der Waals surface area contributed by atoms with Gasteiger partial charge in [-0.1, -0.05) is 19.9 Å². The Morgan fingerprint density at radius 1 is 1.50 bits per heavy atom. The van der Waals surface area contributed by atoms with Crippen LogP contribution in [-0.2, 0) is 6.42 Å². The third-order valence-electron chi connectivity index (χ3n) is 2.10. The molecule has 3 heteroatoms. The molecule has 14 heavy (non-hydrogen) atoms. The summed E-state index contributed by atoms with van der Waals surface area (Å²) >= 11 is 3.28. The zero-order valence-electron chi connectivity index (χ0n) is 8.21. The van der Waals surface area contributed by atoms with Crippen LogP contribution in [0, 0.1) is 11.3 Å². The fourth-order valence-corrected chi connectivity index (χ4v) is 1.75. The maximum atomic E-state index is 9.64. The normalized spacial score (nSPS) is 10.2. The first-order chi connectivity index (χ1) is 6.56. The minimum atomic E-state index is 0.177. The van der Waals surface area contributed by atoms with Gasteiger partial charge >= 0.3 is 0 Å². The Labute approximate surface area is 92.3 Å². The first-order valence-electron chi connectivity index (χ1n) is 4.44. The predicted molar refractivity (Wildman–Crippen MR) is 59.2 cm³/mol. The van der Waals surface area contributed by atoms with Crippen LogP contribution in [0.2, 0.25) is 0 Å². The van der Waals surface area contributed by atoms with Gasteiger partial charge in [0, 0.05) is 5.56 Å². The molecule has 74 valence electrons. The van der Waals surface area contributed by atoms with Crippen molar-refractivity contribution in [1.82, 2.24) is 0 Å². The molecule has 0 saturated carbocycles. The number of rotatable bonds is 2. The highest BCUT2D eigenvalue weighted by atomic mass is 79.9. The Hall–Kier alpha value is -1.01. The van der Waals surface area contributed by atoms with Crippen LogP contribution in [0.15, 0.2) is 16.6 Å². The van der Waals surface area contributed by atoms with E-state index in [0.29, 0.717) is 16.0 Å². The number of benzene rings is 1. The first kappa shape index (κ1) is 11.1. The summed E-state index contributed by atoms with van der Waals surface area (Å²) in [6.07, 6.45) is 0.241. The SMILES string of the molecule is CC(C)c1cc(Br)c(O)c(CC#N)c1. The number of nitriles is 1. The lowest BCUT2D eigenvalue weighted by Gasteiger charge is -2.10. The van der Waals surface area contributed by atoms with Crippen LogP contribution in [-0.4, -0.2) is 5.11 Å². The average Bonchev–Trinajstić information content (AvgIpc) is 2.12. The summed E-state index contributed by atoms with van der Waals surface area (Å²) in [7, 11) is 0. The smallest absolute Gasteiger partial charge is 0.134 e. The van der Waals surface area contributed by atoms with Gasteiger partial charge in [0.05, 0.1) is 17.0 Å². The van der Waals surface area contributed by atoms with E-state index in [-0.39, 0.29) is 12.2 Å². The van der Waals surface area contributed by atoms with Gasteiger partial charge in [-0.25, -0.2) is 0 Å². The molecule has 2 nitrogen and oxygen atoms in total. The molecule has 0 aliphatic rings. The van der Waals surface area contributed by atoms with Crippen molar-refractivity contribution in [2.24, 2.45) is 0 Å². The molecule has 0 saturated heterocycles. The van der Waals surface area contributed by atoms with E-state index in [1.165, 1.54) is 0 Å². The molecule has 0 bridgehead atoms. The lowest BCUT2D eigenvalue weighted by molar-refractivity contribution is 0.466. The Morgan fingerprint density at radius 3 is 2.64 bits per heavy atom. The maximum absolute atomic E-state index is 9.64. The topological polar surface area (TPSA) is 44.0 Å². The van der Waals surface area contributed by atoms with Crippen LogP contribution >= 0.6 is 15.9 Å². The molecule has 0 amide bonds. The number of hydrogen-bond donors (Lipinski definition) is 1. The average molecular weight is 254 g/mol. The summed E-state index contributed by atoms with van der Waals surface area (Å²) in [5.74, 6) is 0.570. The molecular weight excluding hydrogens is 242 g/mol. The summed E-state index contributed by atoms with van der Waals surface area (Å²) in [4.78, 5) is 0. The molecule has 0 atom stereocenters. The van der Waals surface area contributed by atoms with E-state index in [1.807, 2.05) is 18.2 Å². The monoisotopic (exact) mass is 253 g/mol. The van der Waals surface area contributed by atoms with Crippen LogP contribution < -0.4 is 0 Å². The van der Waals surface area contributed by atoms with Crippen LogP contribution in [0.3, 0.4) is 0 Å². The third kappa shape index (κ3) is 2.27. The number of phenols is 1. The highest BCUT2D eigenvalue weighted by Gasteiger charge is 2.09. The lowest BCUT2D eigenvalue weighted by Crippen LogP contribution is -1.92. The number of hydrogen-bond acceptors (Lipinski definition) is 2. The molecule has 1 rings (SSSR count). The van der Waals surface area contributed by atoms with Gasteiger partial charge in [0.1, 0.15) is 5.75 Å². The molecule has 1 aromatic carbocycles. The van der Waals surface area contributed by atoms with Gasteiger partial charge in [-0.2, -0.15) is 5.26 Å². The van der Waals surface area contributed by atoms with Crippen molar-refractivity contribution in [1.29, 1.82) is 5.26 Å². The molecule has 0 unspecified atom stereocenters. The standard InChI is InChI=1S/C11H12BrNO/c1-7(2)9-5-8(3-4-13)11(14)10(12)6-9/h5-7,14H,3H2,1-2H3. The minimum absolute atomic E-state index is 0.177. The van der Waals surface area contributed by atoms with E-state index < -0.39 is 0 Å². The molecule has 0 spiro atoms. The highest BCUT2D eigenvalue weighted by Crippen LogP contribution is 2.32. The van der Waals surface area contributed by atoms with Crippen molar-refractivity contribution in [3.8, 4) is 11.8 Å². The van der Waals surface area contributed by atoms with Gasteiger partial charge in [-0.05, 0) is 33.5 Å². The van der Waals surface area contributed by atoms with Crippen molar-refractivity contribution in [3.05, 3.63) is 27.7 Å². The Kier molecular flexibility index (Phi) is 3.54. The van der Waals surface area contributed by atoms with Crippen molar-refractivity contribution < 1.29 is 5.11 Å². The van der Waals surface area contributed by atoms with Crippen molar-refractivity contribution in [2.75, 3.05) is 0 Å². The Balaban J connectivity index is 3.22. The molecule has 0 aliphatic carbocycles. The number of halogens is 1. The number of aromatic hydroxyl groups is 1. The van der Waals surface area contributed by atoms with E-state index >= 15 is 0 Å². The number of phenolic OH excluding ortho intramolecular Hbond substituents is 1. The van der Waals surface area contributed by atoms with E-state index in [2.05, 4.69) is 29.8 Å². The summed E-state index contributed by atoms with van der Waals surface area (Å²) in [5.41, 5.74) is 1.81. The van der Waals surface area contributed by atoms with Gasteiger partial charge in [0.2, 0.25) is 0 Å². The van der Waals surface area contributed by atoms with Gasteiger partial charge in [0.15, 0.2) is 0 Å². The van der Waals surface area contributed by atoms with Crippen molar-refractivity contribution >= 4 is 15.9 Å². The fraction of sp³-hybridized carbons (Fsp3) is 0.364.